The quantitative estimate of drug-likeness (QED) is 0.631. The van der Waals surface area contributed by atoms with E-state index in [1.807, 2.05) is 36.4 Å². The lowest BCUT2D eigenvalue weighted by Crippen LogP contribution is -2.37. The molecule has 0 fully saturated rings. The minimum absolute atomic E-state index is 0.689. The van der Waals surface area contributed by atoms with Gasteiger partial charge in [0.25, 0.3) is 0 Å². The topological polar surface area (TPSA) is 45.7 Å². The molecule has 0 atom stereocenters. The lowest BCUT2D eigenvalue weighted by atomic mass is 10.1. The van der Waals surface area contributed by atoms with Crippen molar-refractivity contribution in [3.63, 3.8) is 0 Å². The van der Waals surface area contributed by atoms with E-state index in [0.717, 1.165) is 35.3 Å². The summed E-state index contributed by atoms with van der Waals surface area (Å²) in [5.74, 6) is 1.63. The molecule has 0 heterocycles. The monoisotopic (exact) mass is 331 g/mol. The van der Waals surface area contributed by atoms with E-state index in [9.17, 15) is 0 Å². The third kappa shape index (κ3) is 5.83. The highest BCUT2D eigenvalue weighted by atomic mass is 35.5. The number of rotatable bonds is 6. The smallest absolute Gasteiger partial charge is 0.191 e. The van der Waals surface area contributed by atoms with Crippen molar-refractivity contribution in [3.05, 3.63) is 64.7 Å². The first-order valence-corrected chi connectivity index (χ1v) is 7.91. The molecule has 4 nitrogen and oxygen atoms in total. The van der Waals surface area contributed by atoms with Crippen molar-refractivity contribution in [2.75, 3.05) is 20.7 Å². The first-order chi connectivity index (χ1) is 11.2. The molecule has 23 heavy (non-hydrogen) atoms. The number of aliphatic imine (C=N–C) groups is 1. The van der Waals surface area contributed by atoms with Crippen LogP contribution in [0.5, 0.6) is 5.75 Å². The van der Waals surface area contributed by atoms with Crippen molar-refractivity contribution >= 4 is 17.6 Å². The average molecular weight is 332 g/mol. The molecule has 0 aliphatic rings. The van der Waals surface area contributed by atoms with Gasteiger partial charge in [0.05, 0.1) is 7.11 Å². The molecule has 0 radical (unpaired) electrons. The number of ether oxygens (including phenoxy) is 1. The summed E-state index contributed by atoms with van der Waals surface area (Å²) in [5, 5.41) is 7.36. The van der Waals surface area contributed by atoms with Gasteiger partial charge in [-0.25, -0.2) is 0 Å². The molecular weight excluding hydrogens is 310 g/mol. The van der Waals surface area contributed by atoms with Gasteiger partial charge >= 0.3 is 0 Å². The van der Waals surface area contributed by atoms with Crippen LogP contribution in [0.1, 0.15) is 11.1 Å². The minimum Gasteiger partial charge on any atom is -0.497 e. The van der Waals surface area contributed by atoms with Crippen LogP contribution < -0.4 is 15.4 Å². The summed E-state index contributed by atoms with van der Waals surface area (Å²) >= 11 is 5.99. The van der Waals surface area contributed by atoms with Crippen LogP contribution in [0.2, 0.25) is 5.02 Å². The molecule has 2 aromatic carbocycles. The van der Waals surface area contributed by atoms with E-state index in [4.69, 9.17) is 16.3 Å². The Labute approximate surface area is 142 Å². The Bertz CT molecular complexity index is 658. The number of methoxy groups -OCH3 is 1. The van der Waals surface area contributed by atoms with Crippen LogP contribution in [-0.4, -0.2) is 26.7 Å². The largest absolute Gasteiger partial charge is 0.497 e. The summed E-state index contributed by atoms with van der Waals surface area (Å²) in [6.45, 7) is 1.48. The first kappa shape index (κ1) is 17.2. The molecule has 0 saturated heterocycles. The predicted molar refractivity (Wildman–Crippen MR) is 96.4 cm³/mol. The fraction of sp³-hybridized carbons (Fsp3) is 0.278. The molecule has 0 amide bonds. The number of nitrogens with zero attached hydrogens (tertiary/aromatic N) is 1. The van der Waals surface area contributed by atoms with Gasteiger partial charge in [0.1, 0.15) is 5.75 Å². The highest BCUT2D eigenvalue weighted by molar-refractivity contribution is 6.30. The number of hydrogen-bond acceptors (Lipinski definition) is 2. The number of hydrogen-bond donors (Lipinski definition) is 2. The van der Waals surface area contributed by atoms with Gasteiger partial charge in [-0.3, -0.25) is 4.99 Å². The SMILES string of the molecule is CN=C(NCCc1cccc(Cl)c1)NCc1cccc(OC)c1. The van der Waals surface area contributed by atoms with Crippen molar-refractivity contribution in [1.29, 1.82) is 0 Å². The van der Waals surface area contributed by atoms with Crippen LogP contribution >= 0.6 is 11.6 Å². The zero-order valence-electron chi connectivity index (χ0n) is 13.5. The van der Waals surface area contributed by atoms with E-state index in [2.05, 4.69) is 27.8 Å². The maximum Gasteiger partial charge on any atom is 0.191 e. The fourth-order valence-electron chi connectivity index (χ4n) is 2.21. The molecular formula is C18H22ClN3O. The summed E-state index contributed by atoms with van der Waals surface area (Å²) in [5.41, 5.74) is 2.34. The van der Waals surface area contributed by atoms with Crippen molar-refractivity contribution in [3.8, 4) is 5.75 Å². The molecule has 0 aliphatic carbocycles. The molecule has 0 bridgehead atoms. The molecule has 2 aromatic rings. The molecule has 2 rings (SSSR count). The summed E-state index contributed by atoms with van der Waals surface area (Å²) in [4.78, 5) is 4.23. The summed E-state index contributed by atoms with van der Waals surface area (Å²) in [6, 6.07) is 15.9. The Morgan fingerprint density at radius 3 is 2.61 bits per heavy atom. The first-order valence-electron chi connectivity index (χ1n) is 7.53. The van der Waals surface area contributed by atoms with Gasteiger partial charge < -0.3 is 15.4 Å². The summed E-state index contributed by atoms with van der Waals surface area (Å²) in [7, 11) is 3.43. The van der Waals surface area contributed by atoms with Gasteiger partial charge in [-0.1, -0.05) is 35.9 Å². The van der Waals surface area contributed by atoms with Crippen LogP contribution in [0.25, 0.3) is 0 Å². The molecule has 0 saturated carbocycles. The minimum atomic E-state index is 0.689. The second-order valence-electron chi connectivity index (χ2n) is 5.08. The van der Waals surface area contributed by atoms with Gasteiger partial charge in [-0.15, -0.1) is 0 Å². The van der Waals surface area contributed by atoms with Crippen LogP contribution in [-0.2, 0) is 13.0 Å². The van der Waals surface area contributed by atoms with Crippen LogP contribution in [0.4, 0.5) is 0 Å². The fourth-order valence-corrected chi connectivity index (χ4v) is 2.42. The normalized spacial score (nSPS) is 11.2. The van der Waals surface area contributed by atoms with Crippen LogP contribution in [0.15, 0.2) is 53.5 Å². The summed E-state index contributed by atoms with van der Waals surface area (Å²) < 4.78 is 5.23. The third-order valence-electron chi connectivity index (χ3n) is 3.41. The number of nitrogens with one attached hydrogen (secondary N) is 2. The Balaban J connectivity index is 1.79. The van der Waals surface area contributed by atoms with Gasteiger partial charge in [-0.05, 0) is 41.8 Å². The van der Waals surface area contributed by atoms with Gasteiger partial charge in [-0.2, -0.15) is 0 Å². The second-order valence-corrected chi connectivity index (χ2v) is 5.52. The van der Waals surface area contributed by atoms with E-state index in [1.54, 1.807) is 14.2 Å². The molecule has 0 aliphatic heterocycles. The Kier molecular flexibility index (Phi) is 6.76. The molecule has 122 valence electrons. The van der Waals surface area contributed by atoms with Crippen molar-refractivity contribution in [2.45, 2.75) is 13.0 Å². The second kappa shape index (κ2) is 9.06. The van der Waals surface area contributed by atoms with Crippen molar-refractivity contribution < 1.29 is 4.74 Å². The average Bonchev–Trinajstić information content (AvgIpc) is 2.58. The van der Waals surface area contributed by atoms with Gasteiger partial charge in [0.15, 0.2) is 5.96 Å². The van der Waals surface area contributed by atoms with Crippen LogP contribution in [0, 0.1) is 0 Å². The number of benzene rings is 2. The predicted octanol–water partition coefficient (Wildman–Crippen LogP) is 3.26. The van der Waals surface area contributed by atoms with Gasteiger partial charge in [0, 0.05) is 25.2 Å². The number of guanidine groups is 1. The Morgan fingerprint density at radius 1 is 1.09 bits per heavy atom. The third-order valence-corrected chi connectivity index (χ3v) is 3.65. The van der Waals surface area contributed by atoms with Crippen LogP contribution in [0.3, 0.4) is 0 Å². The summed E-state index contributed by atoms with van der Waals surface area (Å²) in [6.07, 6.45) is 0.889. The highest BCUT2D eigenvalue weighted by Crippen LogP contribution is 2.12. The lowest BCUT2D eigenvalue weighted by Gasteiger charge is -2.12. The van der Waals surface area contributed by atoms with Crippen molar-refractivity contribution in [1.82, 2.24) is 10.6 Å². The Morgan fingerprint density at radius 2 is 1.87 bits per heavy atom. The van der Waals surface area contributed by atoms with E-state index < -0.39 is 0 Å². The molecule has 5 heteroatoms. The Hall–Kier alpha value is -2.20. The van der Waals surface area contributed by atoms with Gasteiger partial charge in [0.2, 0.25) is 0 Å². The molecule has 0 spiro atoms. The van der Waals surface area contributed by atoms with E-state index >= 15 is 0 Å². The number of halogens is 1. The zero-order valence-corrected chi connectivity index (χ0v) is 14.2. The highest BCUT2D eigenvalue weighted by Gasteiger charge is 2.00. The standard InChI is InChI=1S/C18H22ClN3O/c1-20-18(21-10-9-14-5-3-7-16(19)11-14)22-13-15-6-4-8-17(12-15)23-2/h3-8,11-12H,9-10,13H2,1-2H3,(H2,20,21,22). The van der Waals surface area contributed by atoms with E-state index in [0.29, 0.717) is 6.54 Å². The molecule has 0 aromatic heterocycles. The van der Waals surface area contributed by atoms with E-state index in [-0.39, 0.29) is 0 Å². The van der Waals surface area contributed by atoms with E-state index in [1.165, 1.54) is 5.56 Å². The zero-order chi connectivity index (χ0) is 16.5. The molecule has 0 unspecified atom stereocenters. The lowest BCUT2D eigenvalue weighted by molar-refractivity contribution is 0.414. The maximum atomic E-state index is 5.99. The van der Waals surface area contributed by atoms with Crippen molar-refractivity contribution in [2.24, 2.45) is 4.99 Å². The molecule has 2 N–H and O–H groups in total. The maximum absolute atomic E-state index is 5.99.